The van der Waals surface area contributed by atoms with Gasteiger partial charge in [0.05, 0.1) is 18.2 Å². The average molecular weight is 293 g/mol. The zero-order valence-corrected chi connectivity index (χ0v) is 13.3. The van der Waals surface area contributed by atoms with Crippen LogP contribution in [0.15, 0.2) is 6.07 Å². The van der Waals surface area contributed by atoms with Crippen LogP contribution in [0.1, 0.15) is 37.1 Å². The van der Waals surface area contributed by atoms with Crippen molar-refractivity contribution in [3.8, 4) is 0 Å². The van der Waals surface area contributed by atoms with Crippen LogP contribution < -0.4 is 10.6 Å². The van der Waals surface area contributed by atoms with E-state index in [1.807, 2.05) is 0 Å². The van der Waals surface area contributed by atoms with Gasteiger partial charge in [-0.25, -0.2) is 4.98 Å². The monoisotopic (exact) mass is 293 g/mol. The number of rotatable bonds is 6. The molecule has 110 valence electrons. The highest BCUT2D eigenvalue weighted by Gasteiger charge is 2.23. The maximum Gasteiger partial charge on any atom is 0.139 e. The number of fused-ring (bicyclic) bond motifs is 1. The number of pyridine rings is 1. The lowest BCUT2D eigenvalue weighted by atomic mass is 10.1. The second-order valence-electron chi connectivity index (χ2n) is 5.27. The Balaban J connectivity index is 2.44. The first kappa shape index (κ1) is 15.2. The summed E-state index contributed by atoms with van der Waals surface area (Å²) in [6.45, 7) is 5.75. The Morgan fingerprint density at radius 1 is 1.55 bits per heavy atom. The van der Waals surface area contributed by atoms with Gasteiger partial charge in [0.25, 0.3) is 0 Å². The van der Waals surface area contributed by atoms with Crippen LogP contribution in [0.2, 0.25) is 0 Å². The smallest absolute Gasteiger partial charge is 0.139 e. The maximum absolute atomic E-state index is 5.91. The van der Waals surface area contributed by atoms with Crippen LogP contribution >= 0.6 is 12.2 Å². The maximum atomic E-state index is 5.91. The van der Waals surface area contributed by atoms with E-state index in [0.29, 0.717) is 11.6 Å². The second-order valence-corrected chi connectivity index (χ2v) is 5.71. The number of aromatic nitrogens is 1. The molecule has 2 rings (SSSR count). The van der Waals surface area contributed by atoms with Crippen LogP contribution in [0.3, 0.4) is 0 Å². The molecule has 0 bridgehead atoms. The van der Waals surface area contributed by atoms with Crippen molar-refractivity contribution in [2.45, 2.75) is 39.2 Å². The number of nitrogens with two attached hydrogens (primary N) is 1. The summed E-state index contributed by atoms with van der Waals surface area (Å²) in [6.07, 6.45) is 3.30. The minimum Gasteiger partial charge on any atom is -0.389 e. The molecule has 1 aliphatic rings. The lowest BCUT2D eigenvalue weighted by Gasteiger charge is -2.30. The number of hydrogen-bond donors (Lipinski definition) is 1. The summed E-state index contributed by atoms with van der Waals surface area (Å²) in [5.41, 5.74) is 9.30. The lowest BCUT2D eigenvalue weighted by Crippen LogP contribution is -2.38. The molecule has 1 atom stereocenters. The molecule has 0 saturated heterocycles. The zero-order chi connectivity index (χ0) is 14.7. The quantitative estimate of drug-likeness (QED) is 0.814. The standard InChI is InChI=1S/C15H23N3OS/c1-4-18(10(2)9-19-3)15-12(14(16)20)8-11-6-5-7-13(11)17-15/h8,10H,4-7,9H2,1-3H3,(H2,16,20). The highest BCUT2D eigenvalue weighted by atomic mass is 32.1. The SMILES string of the molecule is CCN(c1nc2c(cc1C(N)=S)CCC2)C(C)COC. The van der Waals surface area contributed by atoms with E-state index in [-0.39, 0.29) is 6.04 Å². The lowest BCUT2D eigenvalue weighted by molar-refractivity contribution is 0.181. The van der Waals surface area contributed by atoms with Crippen molar-refractivity contribution in [3.05, 3.63) is 22.9 Å². The molecule has 0 aliphatic heterocycles. The average Bonchev–Trinajstić information content (AvgIpc) is 2.86. The van der Waals surface area contributed by atoms with Gasteiger partial charge in [0.15, 0.2) is 0 Å². The van der Waals surface area contributed by atoms with Crippen molar-refractivity contribution in [2.75, 3.05) is 25.2 Å². The summed E-state index contributed by atoms with van der Waals surface area (Å²) >= 11 is 5.22. The Kier molecular flexibility index (Phi) is 4.94. The molecule has 1 aromatic rings. The van der Waals surface area contributed by atoms with Crippen molar-refractivity contribution in [1.82, 2.24) is 4.98 Å². The van der Waals surface area contributed by atoms with E-state index in [1.165, 1.54) is 17.7 Å². The zero-order valence-electron chi connectivity index (χ0n) is 12.5. The van der Waals surface area contributed by atoms with Crippen LogP contribution in [0, 0.1) is 0 Å². The molecule has 2 N–H and O–H groups in total. The van der Waals surface area contributed by atoms with E-state index in [9.17, 15) is 0 Å². The van der Waals surface area contributed by atoms with E-state index in [2.05, 4.69) is 24.8 Å². The highest BCUT2D eigenvalue weighted by Crippen LogP contribution is 2.28. The van der Waals surface area contributed by atoms with Crippen LogP contribution in [0.25, 0.3) is 0 Å². The van der Waals surface area contributed by atoms with Gasteiger partial charge in [-0.15, -0.1) is 0 Å². The minimum atomic E-state index is 0.241. The molecule has 1 aromatic heterocycles. The summed E-state index contributed by atoms with van der Waals surface area (Å²) < 4.78 is 5.27. The van der Waals surface area contributed by atoms with Gasteiger partial charge in [-0.3, -0.25) is 0 Å². The Morgan fingerprint density at radius 3 is 2.90 bits per heavy atom. The Morgan fingerprint density at radius 2 is 2.30 bits per heavy atom. The summed E-state index contributed by atoms with van der Waals surface area (Å²) in [5.74, 6) is 0.908. The Hall–Kier alpha value is -1.20. The van der Waals surface area contributed by atoms with E-state index in [4.69, 9.17) is 27.7 Å². The third-order valence-corrected chi connectivity index (χ3v) is 4.07. The van der Waals surface area contributed by atoms with E-state index in [0.717, 1.165) is 30.8 Å². The van der Waals surface area contributed by atoms with Crippen LogP contribution in [0.4, 0.5) is 5.82 Å². The van der Waals surface area contributed by atoms with Gasteiger partial charge in [-0.2, -0.15) is 0 Å². The van der Waals surface area contributed by atoms with E-state index in [1.54, 1.807) is 7.11 Å². The molecule has 20 heavy (non-hydrogen) atoms. The van der Waals surface area contributed by atoms with Crippen LogP contribution in [0.5, 0.6) is 0 Å². The van der Waals surface area contributed by atoms with Crippen molar-refractivity contribution < 1.29 is 4.74 Å². The Bertz CT molecular complexity index is 504. The summed E-state index contributed by atoms with van der Waals surface area (Å²) in [4.78, 5) is 7.49. The number of nitrogens with zero attached hydrogens (tertiary/aromatic N) is 2. The predicted molar refractivity (Wildman–Crippen MR) is 86.5 cm³/mol. The number of thiocarbonyl (C=S) groups is 1. The molecule has 1 unspecified atom stereocenters. The van der Waals surface area contributed by atoms with Crippen molar-refractivity contribution >= 4 is 23.0 Å². The minimum absolute atomic E-state index is 0.241. The molecule has 5 heteroatoms. The first-order chi connectivity index (χ1) is 9.58. The summed E-state index contributed by atoms with van der Waals surface area (Å²) in [7, 11) is 1.72. The number of ether oxygens (including phenoxy) is 1. The Labute approximate surface area is 126 Å². The molecule has 0 saturated carbocycles. The fourth-order valence-electron chi connectivity index (χ4n) is 2.86. The first-order valence-corrected chi connectivity index (χ1v) is 7.57. The van der Waals surface area contributed by atoms with Gasteiger partial charge in [-0.05, 0) is 44.7 Å². The number of aryl methyl sites for hydroxylation is 2. The number of hydrogen-bond acceptors (Lipinski definition) is 4. The normalized spacial score (nSPS) is 14.9. The van der Waals surface area contributed by atoms with Gasteiger partial charge in [0.1, 0.15) is 10.8 Å². The predicted octanol–water partition coefficient (Wildman–Crippen LogP) is 2.07. The molecule has 1 heterocycles. The van der Waals surface area contributed by atoms with Crippen LogP contribution in [-0.2, 0) is 17.6 Å². The third kappa shape index (κ3) is 2.94. The van der Waals surface area contributed by atoms with Gasteiger partial charge in [0.2, 0.25) is 0 Å². The number of likely N-dealkylation sites (N-methyl/N-ethyl adjacent to an activating group) is 1. The molecule has 0 spiro atoms. The molecule has 1 aliphatic carbocycles. The molecule has 0 fully saturated rings. The van der Waals surface area contributed by atoms with E-state index >= 15 is 0 Å². The second kappa shape index (κ2) is 6.50. The van der Waals surface area contributed by atoms with Crippen molar-refractivity contribution in [1.29, 1.82) is 0 Å². The first-order valence-electron chi connectivity index (χ1n) is 7.16. The fourth-order valence-corrected chi connectivity index (χ4v) is 3.01. The largest absolute Gasteiger partial charge is 0.389 e. The molecule has 0 radical (unpaired) electrons. The third-order valence-electron chi connectivity index (χ3n) is 3.85. The van der Waals surface area contributed by atoms with Gasteiger partial charge in [-0.1, -0.05) is 12.2 Å². The molecule has 0 aromatic carbocycles. The summed E-state index contributed by atoms with van der Waals surface area (Å²) in [6, 6.07) is 2.37. The topological polar surface area (TPSA) is 51.4 Å². The molecule has 4 nitrogen and oxygen atoms in total. The highest BCUT2D eigenvalue weighted by molar-refractivity contribution is 7.80. The van der Waals surface area contributed by atoms with Gasteiger partial charge >= 0.3 is 0 Å². The van der Waals surface area contributed by atoms with Gasteiger partial charge in [0, 0.05) is 19.3 Å². The fraction of sp³-hybridized carbons (Fsp3) is 0.600. The molecule has 0 amide bonds. The van der Waals surface area contributed by atoms with Crippen molar-refractivity contribution in [2.24, 2.45) is 5.73 Å². The molecular weight excluding hydrogens is 270 g/mol. The number of anilines is 1. The van der Waals surface area contributed by atoms with Crippen LogP contribution in [-0.4, -0.2) is 36.3 Å². The summed E-state index contributed by atoms with van der Waals surface area (Å²) in [5, 5.41) is 0. The van der Waals surface area contributed by atoms with E-state index < -0.39 is 0 Å². The van der Waals surface area contributed by atoms with Crippen molar-refractivity contribution in [3.63, 3.8) is 0 Å². The number of methoxy groups -OCH3 is 1. The molecular formula is C15H23N3OS. The van der Waals surface area contributed by atoms with Gasteiger partial charge < -0.3 is 15.4 Å².